The molecule has 0 saturated heterocycles. The molecule has 220 valence electrons. The number of carbonyl (C=O) groups excluding carboxylic acids is 2. The van der Waals surface area contributed by atoms with Crippen molar-refractivity contribution in [1.82, 2.24) is 0 Å². The Hall–Kier alpha value is -4.58. The van der Waals surface area contributed by atoms with Crippen molar-refractivity contribution in [2.75, 3.05) is 29.9 Å². The number of anilines is 3. The van der Waals surface area contributed by atoms with Crippen LogP contribution in [0.2, 0.25) is 0 Å². The molecule has 0 fully saturated rings. The third kappa shape index (κ3) is 4.95. The lowest BCUT2D eigenvalue weighted by molar-refractivity contribution is 0.0224. The van der Waals surface area contributed by atoms with Crippen molar-refractivity contribution < 1.29 is 19.1 Å². The van der Waals surface area contributed by atoms with Crippen LogP contribution in [0.1, 0.15) is 83.9 Å². The zero-order chi connectivity index (χ0) is 30.1. The van der Waals surface area contributed by atoms with Gasteiger partial charge in [-0.25, -0.2) is 4.79 Å². The zero-order valence-corrected chi connectivity index (χ0v) is 25.4. The maximum atomic E-state index is 13.4. The molecule has 0 aromatic heterocycles. The van der Waals surface area contributed by atoms with Crippen molar-refractivity contribution in [2.24, 2.45) is 0 Å². The first-order chi connectivity index (χ1) is 20.9. The summed E-state index contributed by atoms with van der Waals surface area (Å²) in [7, 11) is 1.98. The Morgan fingerprint density at radius 1 is 0.744 bits per heavy atom. The molecule has 2 heterocycles. The van der Waals surface area contributed by atoms with E-state index in [-0.39, 0.29) is 11.8 Å². The zero-order valence-electron chi connectivity index (χ0n) is 25.4. The summed E-state index contributed by atoms with van der Waals surface area (Å²) >= 11 is 0. The first-order valence-electron chi connectivity index (χ1n) is 15.3. The van der Waals surface area contributed by atoms with Crippen molar-refractivity contribution in [3.8, 4) is 11.5 Å². The quantitative estimate of drug-likeness (QED) is 0.140. The minimum atomic E-state index is -1.14. The van der Waals surface area contributed by atoms with Gasteiger partial charge >= 0.3 is 5.97 Å². The highest BCUT2D eigenvalue weighted by Crippen LogP contribution is 2.57. The number of esters is 1. The minimum absolute atomic E-state index is 0.0319. The van der Waals surface area contributed by atoms with E-state index >= 15 is 0 Å². The predicted molar refractivity (Wildman–Crippen MR) is 171 cm³/mol. The van der Waals surface area contributed by atoms with E-state index in [1.54, 1.807) is 6.92 Å². The Kier molecular flexibility index (Phi) is 7.70. The maximum Gasteiger partial charge on any atom is 0.340 e. The molecule has 4 aromatic rings. The lowest BCUT2D eigenvalue weighted by Crippen LogP contribution is -2.33. The summed E-state index contributed by atoms with van der Waals surface area (Å²) in [5.74, 6) is 1.05. The summed E-state index contributed by atoms with van der Waals surface area (Å²) < 4.78 is 13.1. The smallest absolute Gasteiger partial charge is 0.340 e. The Morgan fingerprint density at radius 3 is 2.12 bits per heavy atom. The topological polar surface area (TPSA) is 59.1 Å². The third-order valence-electron chi connectivity index (χ3n) is 8.66. The Bertz CT molecular complexity index is 1670. The predicted octanol–water partition coefficient (Wildman–Crippen LogP) is 8.63. The summed E-state index contributed by atoms with van der Waals surface area (Å²) in [5.41, 5.74) is 5.47. The number of hydrogen-bond donors (Lipinski definition) is 0. The second kappa shape index (κ2) is 11.6. The van der Waals surface area contributed by atoms with Crippen LogP contribution in [0.3, 0.4) is 0 Å². The van der Waals surface area contributed by atoms with E-state index in [4.69, 9.17) is 9.47 Å². The molecule has 4 aromatic carbocycles. The molecular formula is C37H38N2O4. The molecule has 0 aliphatic carbocycles. The van der Waals surface area contributed by atoms with Crippen LogP contribution in [0.25, 0.3) is 0 Å². The highest BCUT2D eigenvalue weighted by molar-refractivity contribution is 5.97. The van der Waals surface area contributed by atoms with Crippen molar-refractivity contribution in [1.29, 1.82) is 0 Å². The van der Waals surface area contributed by atoms with Crippen LogP contribution in [0, 0.1) is 0 Å². The molecule has 0 N–H and O–H groups in total. The summed E-state index contributed by atoms with van der Waals surface area (Å²) in [6.07, 6.45) is 4.50. The number of unbranched alkanes of at least 4 members (excludes halogenated alkanes) is 2. The number of ketones is 1. The maximum absolute atomic E-state index is 13.4. The number of ether oxygens (including phenoxy) is 2. The Balaban J connectivity index is 1.47. The molecule has 1 atom stereocenters. The number of hydrogen-bond acceptors (Lipinski definition) is 6. The van der Waals surface area contributed by atoms with Gasteiger partial charge in [-0.1, -0.05) is 44.9 Å². The van der Waals surface area contributed by atoms with Crippen LogP contribution < -0.4 is 14.5 Å². The van der Waals surface area contributed by atoms with E-state index in [1.807, 2.05) is 67.7 Å². The van der Waals surface area contributed by atoms with Gasteiger partial charge in [0.15, 0.2) is 11.4 Å². The van der Waals surface area contributed by atoms with Gasteiger partial charge in [-0.05, 0) is 80.4 Å². The second-order valence-corrected chi connectivity index (χ2v) is 11.4. The summed E-state index contributed by atoms with van der Waals surface area (Å²) in [6.45, 7) is 7.97. The third-order valence-corrected chi connectivity index (χ3v) is 8.66. The second-order valence-electron chi connectivity index (χ2n) is 11.4. The molecule has 0 radical (unpaired) electrons. The monoisotopic (exact) mass is 574 g/mol. The summed E-state index contributed by atoms with van der Waals surface area (Å²) in [5, 5.41) is 0. The number of nitrogens with zero attached hydrogens (tertiary/aromatic N) is 2. The lowest BCUT2D eigenvalue weighted by atomic mass is 9.77. The van der Waals surface area contributed by atoms with Gasteiger partial charge in [-0.2, -0.15) is 0 Å². The molecule has 1 unspecified atom stereocenters. The number of carbonyl (C=O) groups is 2. The largest absolute Gasteiger partial charge is 0.456 e. The fourth-order valence-electron chi connectivity index (χ4n) is 6.19. The molecule has 6 heteroatoms. The Morgan fingerprint density at radius 2 is 1.42 bits per heavy atom. The molecule has 2 aliphatic heterocycles. The van der Waals surface area contributed by atoms with Gasteiger partial charge in [0, 0.05) is 65.5 Å². The highest BCUT2D eigenvalue weighted by atomic mass is 16.6. The first kappa shape index (κ1) is 28.5. The minimum Gasteiger partial charge on any atom is -0.456 e. The van der Waals surface area contributed by atoms with Gasteiger partial charge in [-0.3, -0.25) is 4.79 Å². The van der Waals surface area contributed by atoms with E-state index in [2.05, 4.69) is 47.9 Å². The number of Topliss-reactive ketones (excluding diaryl/α,β-unsaturated/α-hetero) is 1. The van der Waals surface area contributed by atoms with Crippen molar-refractivity contribution in [3.05, 3.63) is 113 Å². The molecule has 6 nitrogen and oxygen atoms in total. The number of benzene rings is 4. The van der Waals surface area contributed by atoms with Crippen LogP contribution in [-0.2, 0) is 10.3 Å². The highest BCUT2D eigenvalue weighted by Gasteiger charge is 2.53. The van der Waals surface area contributed by atoms with Gasteiger partial charge in [0.1, 0.15) is 11.5 Å². The molecule has 0 saturated carbocycles. The van der Waals surface area contributed by atoms with Crippen LogP contribution in [0.4, 0.5) is 17.1 Å². The van der Waals surface area contributed by atoms with Crippen molar-refractivity contribution in [3.63, 3.8) is 0 Å². The van der Waals surface area contributed by atoms with Gasteiger partial charge in [0.2, 0.25) is 0 Å². The normalized spacial score (nSPS) is 16.1. The standard InChI is InChI=1S/C37H38N2O4/c1-5-7-21-39(22-8-6-2)29-17-19-32-35(24-29)42-34-20-18-28(38(4)27-15-13-26(14-16-27)25(3)40)23-33(34)37(32)31-12-10-9-11-30(31)36(41)43-37/h9-20,23-24H,5-8,21-22H2,1-4H3. The lowest BCUT2D eigenvalue weighted by Gasteiger charge is -2.38. The van der Waals surface area contributed by atoms with Crippen LogP contribution >= 0.6 is 0 Å². The molecule has 0 bridgehead atoms. The van der Waals surface area contributed by atoms with Crippen LogP contribution in [0.15, 0.2) is 84.9 Å². The fourth-order valence-corrected chi connectivity index (χ4v) is 6.19. The van der Waals surface area contributed by atoms with E-state index < -0.39 is 5.60 Å². The van der Waals surface area contributed by atoms with Crippen LogP contribution in [-0.4, -0.2) is 31.9 Å². The van der Waals surface area contributed by atoms with Gasteiger partial charge in [-0.15, -0.1) is 0 Å². The van der Waals surface area contributed by atoms with Crippen LogP contribution in [0.5, 0.6) is 11.5 Å². The molecule has 6 rings (SSSR count). The van der Waals surface area contributed by atoms with Gasteiger partial charge in [0.25, 0.3) is 0 Å². The van der Waals surface area contributed by atoms with Gasteiger partial charge in [0.05, 0.1) is 5.56 Å². The molecular weight excluding hydrogens is 536 g/mol. The molecule has 0 amide bonds. The van der Waals surface area contributed by atoms with E-state index in [0.29, 0.717) is 22.6 Å². The van der Waals surface area contributed by atoms with E-state index in [9.17, 15) is 9.59 Å². The molecule has 1 spiro atoms. The van der Waals surface area contributed by atoms with E-state index in [0.717, 1.165) is 72.5 Å². The van der Waals surface area contributed by atoms with Crippen molar-refractivity contribution >= 4 is 28.8 Å². The molecule has 2 aliphatic rings. The SMILES string of the molecule is CCCCN(CCCC)c1ccc2c(c1)Oc1ccc(N(C)c3ccc(C(C)=O)cc3)cc1C21OC(=O)c2ccccc21. The fraction of sp³-hybridized carbons (Fsp3) is 0.297. The van der Waals surface area contributed by atoms with Gasteiger partial charge < -0.3 is 19.3 Å². The number of fused-ring (bicyclic) bond motifs is 6. The first-order valence-corrected chi connectivity index (χ1v) is 15.3. The average Bonchev–Trinajstić information content (AvgIpc) is 3.33. The molecule has 43 heavy (non-hydrogen) atoms. The van der Waals surface area contributed by atoms with Crippen molar-refractivity contribution in [2.45, 2.75) is 52.1 Å². The number of rotatable bonds is 10. The summed E-state index contributed by atoms with van der Waals surface area (Å²) in [6, 6.07) is 27.5. The Labute approximate surface area is 253 Å². The average molecular weight is 575 g/mol. The van der Waals surface area contributed by atoms with E-state index in [1.165, 1.54) is 0 Å². The summed E-state index contributed by atoms with van der Waals surface area (Å²) in [4.78, 5) is 29.7.